The van der Waals surface area contributed by atoms with E-state index in [1.807, 2.05) is 36.2 Å². The van der Waals surface area contributed by atoms with Gasteiger partial charge in [0, 0.05) is 24.3 Å². The van der Waals surface area contributed by atoms with Crippen molar-refractivity contribution in [2.45, 2.75) is 6.42 Å². The van der Waals surface area contributed by atoms with Crippen molar-refractivity contribution in [2.75, 3.05) is 25.6 Å². The van der Waals surface area contributed by atoms with Crippen molar-refractivity contribution in [3.05, 3.63) is 29.3 Å². The predicted molar refractivity (Wildman–Crippen MR) is 61.4 cm³/mol. The smallest absolute Gasteiger partial charge is 0.307 e. The molecular weight excluding hydrogens is 214 g/mol. The van der Waals surface area contributed by atoms with Crippen molar-refractivity contribution in [1.29, 1.82) is 0 Å². The van der Waals surface area contributed by atoms with Crippen molar-refractivity contribution in [3.8, 4) is 0 Å². The summed E-state index contributed by atoms with van der Waals surface area (Å²) >= 11 is 5.86. The van der Waals surface area contributed by atoms with Crippen LogP contribution in [0.2, 0.25) is 5.02 Å². The molecule has 0 atom stereocenters. The molecule has 0 aliphatic heterocycles. The van der Waals surface area contributed by atoms with Gasteiger partial charge < -0.3 is 9.64 Å². The molecule has 0 saturated carbocycles. The number of methoxy groups -OCH3 is 1. The highest BCUT2D eigenvalue weighted by molar-refractivity contribution is 6.30. The SMILES string of the molecule is COC(=O)CCN(C)c1cccc(Cl)c1. The number of hydrogen-bond acceptors (Lipinski definition) is 3. The zero-order chi connectivity index (χ0) is 11.3. The van der Waals surface area contributed by atoms with E-state index >= 15 is 0 Å². The van der Waals surface area contributed by atoms with Gasteiger partial charge in [0.2, 0.25) is 0 Å². The molecule has 1 aromatic carbocycles. The summed E-state index contributed by atoms with van der Waals surface area (Å²) in [4.78, 5) is 12.9. The number of rotatable bonds is 4. The van der Waals surface area contributed by atoms with Gasteiger partial charge in [-0.3, -0.25) is 4.79 Å². The minimum atomic E-state index is -0.205. The van der Waals surface area contributed by atoms with Crippen molar-refractivity contribution >= 4 is 23.3 Å². The molecule has 0 fully saturated rings. The fourth-order valence-corrected chi connectivity index (χ4v) is 1.39. The summed E-state index contributed by atoms with van der Waals surface area (Å²) in [6, 6.07) is 7.51. The van der Waals surface area contributed by atoms with E-state index in [0.717, 1.165) is 5.69 Å². The fourth-order valence-electron chi connectivity index (χ4n) is 1.20. The number of hydrogen-bond donors (Lipinski definition) is 0. The van der Waals surface area contributed by atoms with Gasteiger partial charge in [-0.1, -0.05) is 17.7 Å². The Morgan fingerprint density at radius 3 is 2.87 bits per heavy atom. The number of esters is 1. The fraction of sp³-hybridized carbons (Fsp3) is 0.364. The van der Waals surface area contributed by atoms with Gasteiger partial charge in [-0.15, -0.1) is 0 Å². The monoisotopic (exact) mass is 227 g/mol. The van der Waals surface area contributed by atoms with Gasteiger partial charge in [0.15, 0.2) is 0 Å². The van der Waals surface area contributed by atoms with E-state index in [0.29, 0.717) is 18.0 Å². The van der Waals surface area contributed by atoms with Gasteiger partial charge in [-0.2, -0.15) is 0 Å². The lowest BCUT2D eigenvalue weighted by molar-refractivity contribution is -0.140. The number of anilines is 1. The second kappa shape index (κ2) is 5.61. The minimum absolute atomic E-state index is 0.205. The number of carbonyl (C=O) groups excluding carboxylic acids is 1. The van der Waals surface area contributed by atoms with Crippen molar-refractivity contribution in [1.82, 2.24) is 0 Å². The third-order valence-electron chi connectivity index (χ3n) is 2.13. The Bertz CT molecular complexity index is 341. The van der Waals surface area contributed by atoms with Crippen LogP contribution in [0.15, 0.2) is 24.3 Å². The average molecular weight is 228 g/mol. The number of carbonyl (C=O) groups is 1. The standard InChI is InChI=1S/C11H14ClNO2/c1-13(7-6-11(14)15-2)10-5-3-4-9(12)8-10/h3-5,8H,6-7H2,1-2H3. The van der Waals surface area contributed by atoms with Crippen LogP contribution in [0.5, 0.6) is 0 Å². The topological polar surface area (TPSA) is 29.5 Å². The molecule has 3 nitrogen and oxygen atoms in total. The van der Waals surface area contributed by atoms with Crippen LogP contribution in [0.4, 0.5) is 5.69 Å². The van der Waals surface area contributed by atoms with E-state index in [4.69, 9.17) is 11.6 Å². The first-order valence-corrected chi connectivity index (χ1v) is 5.05. The zero-order valence-electron chi connectivity index (χ0n) is 8.87. The maximum Gasteiger partial charge on any atom is 0.307 e. The number of benzene rings is 1. The molecule has 0 aliphatic rings. The van der Waals surface area contributed by atoms with Crippen LogP contribution in [0, 0.1) is 0 Å². The number of ether oxygens (including phenoxy) is 1. The van der Waals surface area contributed by atoms with Crippen molar-refractivity contribution in [2.24, 2.45) is 0 Å². The Morgan fingerprint density at radius 1 is 1.53 bits per heavy atom. The predicted octanol–water partition coefficient (Wildman–Crippen LogP) is 2.34. The van der Waals surface area contributed by atoms with Crippen molar-refractivity contribution < 1.29 is 9.53 Å². The molecule has 1 rings (SSSR count). The molecule has 82 valence electrons. The van der Waals surface area contributed by atoms with Crippen LogP contribution < -0.4 is 4.90 Å². The van der Waals surface area contributed by atoms with Crippen LogP contribution in [0.3, 0.4) is 0 Å². The molecule has 1 aromatic rings. The lowest BCUT2D eigenvalue weighted by Gasteiger charge is -2.18. The quantitative estimate of drug-likeness (QED) is 0.740. The molecule has 0 aliphatic carbocycles. The molecule has 4 heteroatoms. The maximum absolute atomic E-state index is 10.9. The first-order chi connectivity index (χ1) is 7.13. The lowest BCUT2D eigenvalue weighted by atomic mass is 10.3. The van der Waals surface area contributed by atoms with Gasteiger partial charge in [0.05, 0.1) is 13.5 Å². The normalized spacial score (nSPS) is 9.80. The Balaban J connectivity index is 2.53. The minimum Gasteiger partial charge on any atom is -0.469 e. The molecular formula is C11H14ClNO2. The molecule has 0 spiro atoms. The highest BCUT2D eigenvalue weighted by Crippen LogP contribution is 2.18. The van der Waals surface area contributed by atoms with Gasteiger partial charge in [0.1, 0.15) is 0 Å². The van der Waals surface area contributed by atoms with Crippen LogP contribution in [0.1, 0.15) is 6.42 Å². The van der Waals surface area contributed by atoms with Gasteiger partial charge >= 0.3 is 5.97 Å². The first-order valence-electron chi connectivity index (χ1n) is 4.67. The molecule has 0 N–H and O–H groups in total. The largest absolute Gasteiger partial charge is 0.469 e. The van der Waals surface area contributed by atoms with Gasteiger partial charge in [-0.25, -0.2) is 0 Å². The van der Waals surface area contributed by atoms with Crippen LogP contribution >= 0.6 is 11.6 Å². The summed E-state index contributed by atoms with van der Waals surface area (Å²) in [5.74, 6) is -0.205. The maximum atomic E-state index is 10.9. The number of nitrogens with zero attached hydrogens (tertiary/aromatic N) is 1. The molecule has 0 radical (unpaired) electrons. The summed E-state index contributed by atoms with van der Waals surface area (Å²) < 4.78 is 4.57. The first kappa shape index (κ1) is 11.9. The Kier molecular flexibility index (Phi) is 4.43. The van der Waals surface area contributed by atoms with E-state index in [1.54, 1.807) is 0 Å². The molecule has 0 saturated heterocycles. The number of halogens is 1. The van der Waals surface area contributed by atoms with E-state index in [1.165, 1.54) is 7.11 Å². The highest BCUT2D eigenvalue weighted by atomic mass is 35.5. The Morgan fingerprint density at radius 2 is 2.27 bits per heavy atom. The second-order valence-corrected chi connectivity index (χ2v) is 3.66. The van der Waals surface area contributed by atoms with Crippen LogP contribution in [0.25, 0.3) is 0 Å². The van der Waals surface area contributed by atoms with E-state index in [-0.39, 0.29) is 5.97 Å². The third kappa shape index (κ3) is 3.80. The zero-order valence-corrected chi connectivity index (χ0v) is 9.62. The second-order valence-electron chi connectivity index (χ2n) is 3.23. The summed E-state index contributed by atoms with van der Waals surface area (Å²) in [6.45, 7) is 0.618. The molecule has 0 bridgehead atoms. The molecule has 15 heavy (non-hydrogen) atoms. The van der Waals surface area contributed by atoms with E-state index in [2.05, 4.69) is 4.74 Å². The molecule has 0 heterocycles. The van der Waals surface area contributed by atoms with E-state index in [9.17, 15) is 4.79 Å². The van der Waals surface area contributed by atoms with Crippen LogP contribution in [-0.4, -0.2) is 26.7 Å². The highest BCUT2D eigenvalue weighted by Gasteiger charge is 2.05. The summed E-state index contributed by atoms with van der Waals surface area (Å²) in [5.41, 5.74) is 0.992. The van der Waals surface area contributed by atoms with Gasteiger partial charge in [0.25, 0.3) is 0 Å². The summed E-state index contributed by atoms with van der Waals surface area (Å²) in [6.07, 6.45) is 0.375. The van der Waals surface area contributed by atoms with Crippen LogP contribution in [-0.2, 0) is 9.53 Å². The Labute approximate surface area is 94.6 Å². The Hall–Kier alpha value is -1.22. The third-order valence-corrected chi connectivity index (χ3v) is 2.36. The summed E-state index contributed by atoms with van der Waals surface area (Å²) in [5, 5.41) is 0.692. The molecule has 0 unspecified atom stereocenters. The van der Waals surface area contributed by atoms with E-state index < -0.39 is 0 Å². The van der Waals surface area contributed by atoms with Gasteiger partial charge in [-0.05, 0) is 18.2 Å². The van der Waals surface area contributed by atoms with Crippen molar-refractivity contribution in [3.63, 3.8) is 0 Å². The summed E-state index contributed by atoms with van der Waals surface area (Å²) in [7, 11) is 3.30. The molecule has 0 aromatic heterocycles. The molecule has 0 amide bonds. The lowest BCUT2D eigenvalue weighted by Crippen LogP contribution is -2.21. The average Bonchev–Trinajstić information content (AvgIpc) is 2.25.